The van der Waals surface area contributed by atoms with Crippen molar-refractivity contribution in [3.05, 3.63) is 65.5 Å². The van der Waals surface area contributed by atoms with Crippen LogP contribution in [0.4, 0.5) is 13.2 Å². The highest BCUT2D eigenvalue weighted by Gasteiger charge is 2.09. The van der Waals surface area contributed by atoms with Gasteiger partial charge in [-0.05, 0) is 23.8 Å². The van der Waals surface area contributed by atoms with Crippen LogP contribution >= 0.6 is 0 Å². The predicted molar refractivity (Wildman–Crippen MR) is 67.0 cm³/mol. The van der Waals surface area contributed by atoms with Crippen molar-refractivity contribution in [2.75, 3.05) is 6.61 Å². The van der Waals surface area contributed by atoms with E-state index in [1.807, 2.05) is 0 Å². The second-order valence-corrected chi connectivity index (χ2v) is 4.17. The van der Waals surface area contributed by atoms with Gasteiger partial charge in [-0.15, -0.1) is 0 Å². The lowest BCUT2D eigenvalue weighted by molar-refractivity contribution is -0.120. The molecule has 0 aliphatic rings. The van der Waals surface area contributed by atoms with Gasteiger partial charge in [0.1, 0.15) is 18.2 Å². The van der Waals surface area contributed by atoms with Gasteiger partial charge in [0.2, 0.25) is 0 Å². The Morgan fingerprint density at radius 1 is 0.950 bits per heavy atom. The molecule has 2 nitrogen and oxygen atoms in total. The van der Waals surface area contributed by atoms with Crippen molar-refractivity contribution >= 4 is 5.78 Å². The van der Waals surface area contributed by atoms with E-state index in [0.717, 1.165) is 12.1 Å². The first kappa shape index (κ1) is 14.1. The molecule has 0 N–H and O–H groups in total. The number of rotatable bonds is 5. The molecule has 0 saturated carbocycles. The minimum atomic E-state index is -1.05. The number of hydrogen-bond acceptors (Lipinski definition) is 2. The third-order valence-corrected chi connectivity index (χ3v) is 2.64. The third-order valence-electron chi connectivity index (χ3n) is 2.64. The molecule has 0 radical (unpaired) electrons. The highest BCUT2D eigenvalue weighted by Crippen LogP contribution is 2.15. The third kappa shape index (κ3) is 3.60. The Kier molecular flexibility index (Phi) is 4.40. The van der Waals surface area contributed by atoms with Gasteiger partial charge in [0, 0.05) is 12.5 Å². The topological polar surface area (TPSA) is 26.3 Å². The summed E-state index contributed by atoms with van der Waals surface area (Å²) in [6.45, 7) is -0.334. The summed E-state index contributed by atoms with van der Waals surface area (Å²) in [6, 6.07) is 8.90. The van der Waals surface area contributed by atoms with Crippen molar-refractivity contribution < 1.29 is 22.7 Å². The highest BCUT2D eigenvalue weighted by atomic mass is 19.2. The summed E-state index contributed by atoms with van der Waals surface area (Å²) in [4.78, 5) is 11.6. The normalized spacial score (nSPS) is 10.3. The van der Waals surface area contributed by atoms with Crippen LogP contribution in [0.3, 0.4) is 0 Å². The quantitative estimate of drug-likeness (QED) is 0.840. The van der Waals surface area contributed by atoms with Crippen molar-refractivity contribution in [1.29, 1.82) is 0 Å². The van der Waals surface area contributed by atoms with Gasteiger partial charge in [-0.2, -0.15) is 0 Å². The standard InChI is InChI=1S/C15H11F3O2/c16-13-4-2-1-3-10(13)7-11(19)9-20-12-5-6-14(17)15(18)8-12/h1-6,8H,7,9H2. The summed E-state index contributed by atoms with van der Waals surface area (Å²) in [6.07, 6.45) is -0.115. The van der Waals surface area contributed by atoms with Crippen LogP contribution in [0.15, 0.2) is 42.5 Å². The number of Topliss-reactive ketones (excluding diaryl/α,β-unsaturated/α-hetero) is 1. The first-order valence-electron chi connectivity index (χ1n) is 5.89. The van der Waals surface area contributed by atoms with Gasteiger partial charge in [0.25, 0.3) is 0 Å². The molecule has 0 unspecified atom stereocenters. The molecule has 0 aliphatic heterocycles. The summed E-state index contributed by atoms with van der Waals surface area (Å²) in [5.41, 5.74) is 0.270. The van der Waals surface area contributed by atoms with Crippen LogP contribution < -0.4 is 4.74 Å². The number of ether oxygens (including phenoxy) is 1. The van der Waals surface area contributed by atoms with Crippen molar-refractivity contribution in [1.82, 2.24) is 0 Å². The zero-order valence-corrected chi connectivity index (χ0v) is 10.4. The summed E-state index contributed by atoms with van der Waals surface area (Å²) < 4.78 is 44.0. The zero-order valence-electron chi connectivity index (χ0n) is 10.4. The number of carbonyl (C=O) groups excluding carboxylic acids is 1. The SMILES string of the molecule is O=C(COc1ccc(F)c(F)c1)Cc1ccccc1F. The van der Waals surface area contributed by atoms with Gasteiger partial charge >= 0.3 is 0 Å². The molecule has 0 saturated heterocycles. The molecule has 0 amide bonds. The Hall–Kier alpha value is -2.30. The molecule has 20 heavy (non-hydrogen) atoms. The summed E-state index contributed by atoms with van der Waals surface area (Å²) >= 11 is 0. The van der Waals surface area contributed by atoms with Gasteiger partial charge < -0.3 is 4.74 Å². The molecule has 0 spiro atoms. The maximum absolute atomic E-state index is 13.3. The van der Waals surface area contributed by atoms with Crippen LogP contribution in [-0.2, 0) is 11.2 Å². The molecule has 104 valence electrons. The molecule has 0 atom stereocenters. The molecule has 0 aromatic heterocycles. The van der Waals surface area contributed by atoms with Gasteiger partial charge in [0.15, 0.2) is 17.4 Å². The fraction of sp³-hybridized carbons (Fsp3) is 0.133. The van der Waals surface area contributed by atoms with E-state index in [4.69, 9.17) is 4.74 Å². The average Bonchev–Trinajstić information content (AvgIpc) is 2.43. The Balaban J connectivity index is 1.92. The minimum Gasteiger partial charge on any atom is -0.486 e. The van der Waals surface area contributed by atoms with Gasteiger partial charge in [-0.3, -0.25) is 4.79 Å². The summed E-state index contributed by atoms with van der Waals surface area (Å²) in [5, 5.41) is 0. The molecular weight excluding hydrogens is 269 g/mol. The molecule has 0 aliphatic carbocycles. The Bertz CT molecular complexity index is 626. The number of halogens is 3. The molecule has 2 aromatic carbocycles. The summed E-state index contributed by atoms with van der Waals surface area (Å²) in [5.74, 6) is -2.82. The molecule has 2 aromatic rings. The van der Waals surface area contributed by atoms with Crippen LogP contribution in [0.5, 0.6) is 5.75 Å². The summed E-state index contributed by atoms with van der Waals surface area (Å²) in [7, 11) is 0. The fourth-order valence-corrected chi connectivity index (χ4v) is 1.64. The maximum Gasteiger partial charge on any atom is 0.174 e. The Morgan fingerprint density at radius 2 is 1.70 bits per heavy atom. The number of hydrogen-bond donors (Lipinski definition) is 0. The average molecular weight is 280 g/mol. The van der Waals surface area contributed by atoms with E-state index in [2.05, 4.69) is 0 Å². The highest BCUT2D eigenvalue weighted by molar-refractivity contribution is 5.82. The van der Waals surface area contributed by atoms with Crippen molar-refractivity contribution in [2.24, 2.45) is 0 Å². The zero-order chi connectivity index (χ0) is 14.5. The van der Waals surface area contributed by atoms with E-state index in [1.54, 1.807) is 6.07 Å². The Labute approximate surface area is 113 Å². The lowest BCUT2D eigenvalue weighted by atomic mass is 10.1. The first-order valence-corrected chi connectivity index (χ1v) is 5.89. The second kappa shape index (κ2) is 6.23. The smallest absolute Gasteiger partial charge is 0.174 e. The first-order chi connectivity index (χ1) is 9.56. The van der Waals surface area contributed by atoms with Crippen LogP contribution in [0.25, 0.3) is 0 Å². The Morgan fingerprint density at radius 3 is 2.40 bits per heavy atom. The molecule has 0 fully saturated rings. The second-order valence-electron chi connectivity index (χ2n) is 4.17. The molecular formula is C15H11F3O2. The molecule has 0 heterocycles. The largest absolute Gasteiger partial charge is 0.486 e. The minimum absolute atomic E-state index is 0.0470. The molecule has 5 heteroatoms. The monoisotopic (exact) mass is 280 g/mol. The lowest BCUT2D eigenvalue weighted by Gasteiger charge is -2.06. The number of benzene rings is 2. The van der Waals surface area contributed by atoms with Gasteiger partial charge in [-0.1, -0.05) is 18.2 Å². The van der Waals surface area contributed by atoms with E-state index in [-0.39, 0.29) is 30.1 Å². The van der Waals surface area contributed by atoms with Crippen LogP contribution in [0, 0.1) is 17.5 Å². The van der Waals surface area contributed by atoms with E-state index in [1.165, 1.54) is 24.3 Å². The van der Waals surface area contributed by atoms with E-state index in [0.29, 0.717) is 0 Å². The van der Waals surface area contributed by atoms with Crippen molar-refractivity contribution in [3.8, 4) is 5.75 Å². The lowest BCUT2D eigenvalue weighted by Crippen LogP contribution is -2.14. The number of ketones is 1. The number of carbonyl (C=O) groups is 1. The fourth-order valence-electron chi connectivity index (χ4n) is 1.64. The van der Waals surface area contributed by atoms with Crippen molar-refractivity contribution in [2.45, 2.75) is 6.42 Å². The van der Waals surface area contributed by atoms with E-state index in [9.17, 15) is 18.0 Å². The van der Waals surface area contributed by atoms with E-state index < -0.39 is 17.5 Å². The molecule has 2 rings (SSSR count). The van der Waals surface area contributed by atoms with Crippen LogP contribution in [0.1, 0.15) is 5.56 Å². The van der Waals surface area contributed by atoms with Gasteiger partial charge in [-0.25, -0.2) is 13.2 Å². The van der Waals surface area contributed by atoms with Crippen molar-refractivity contribution in [3.63, 3.8) is 0 Å². The maximum atomic E-state index is 13.3. The predicted octanol–water partition coefficient (Wildman–Crippen LogP) is 3.29. The molecule has 0 bridgehead atoms. The van der Waals surface area contributed by atoms with Gasteiger partial charge in [0.05, 0.1) is 0 Å². The van der Waals surface area contributed by atoms with Crippen LogP contribution in [-0.4, -0.2) is 12.4 Å². The van der Waals surface area contributed by atoms with E-state index >= 15 is 0 Å². The van der Waals surface area contributed by atoms with Crippen LogP contribution in [0.2, 0.25) is 0 Å².